The monoisotopic (exact) mass is 409 g/mol. The van der Waals surface area contributed by atoms with Crippen LogP contribution in [0.2, 0.25) is 5.15 Å². The van der Waals surface area contributed by atoms with Gasteiger partial charge in [0.05, 0.1) is 18.8 Å². The van der Waals surface area contributed by atoms with Gasteiger partial charge in [-0.15, -0.1) is 0 Å². The van der Waals surface area contributed by atoms with Crippen molar-refractivity contribution in [2.75, 3.05) is 31.2 Å². The summed E-state index contributed by atoms with van der Waals surface area (Å²) in [4.78, 5) is 18.5. The Hall–Kier alpha value is -1.63. The average Bonchev–Trinajstić information content (AvgIpc) is 2.63. The summed E-state index contributed by atoms with van der Waals surface area (Å²) in [6.07, 6.45) is 1.56. The molecule has 24 heavy (non-hydrogen) atoms. The smallest absolute Gasteiger partial charge is 0.254 e. The van der Waals surface area contributed by atoms with E-state index in [-0.39, 0.29) is 11.1 Å². The lowest BCUT2D eigenvalue weighted by molar-refractivity contribution is 0.0950. The second-order valence-electron chi connectivity index (χ2n) is 5.44. The number of halogens is 2. The second kappa shape index (κ2) is 7.96. The first kappa shape index (κ1) is 17.2. The van der Waals surface area contributed by atoms with Gasteiger partial charge in [-0.25, -0.2) is 4.98 Å². The summed E-state index contributed by atoms with van der Waals surface area (Å²) in [6.45, 7) is 3.78. The van der Waals surface area contributed by atoms with Crippen molar-refractivity contribution < 1.29 is 9.53 Å². The molecule has 3 rings (SSSR count). The minimum absolute atomic E-state index is 0.193. The highest BCUT2D eigenvalue weighted by Gasteiger charge is 2.13. The molecule has 0 bridgehead atoms. The standard InChI is InChI=1S/C17H17BrClN3O2/c18-13-9-15(16(19)20-11-13)17(23)21-10-12-1-3-14(4-2-12)22-5-7-24-8-6-22/h1-4,9,11H,5-8,10H2,(H,21,23). The second-order valence-corrected chi connectivity index (χ2v) is 6.71. The molecular weight excluding hydrogens is 394 g/mol. The first-order chi connectivity index (χ1) is 11.6. The number of carbonyl (C=O) groups excluding carboxylic acids is 1. The quantitative estimate of drug-likeness (QED) is 0.786. The lowest BCUT2D eigenvalue weighted by atomic mass is 10.2. The Morgan fingerprint density at radius 2 is 2.00 bits per heavy atom. The van der Waals surface area contributed by atoms with Crippen molar-refractivity contribution in [2.24, 2.45) is 0 Å². The summed E-state index contributed by atoms with van der Waals surface area (Å²) in [5.41, 5.74) is 2.56. The Morgan fingerprint density at radius 3 is 2.71 bits per heavy atom. The van der Waals surface area contributed by atoms with E-state index in [0.717, 1.165) is 31.9 Å². The SMILES string of the molecule is O=C(NCc1ccc(N2CCOCC2)cc1)c1cc(Br)cnc1Cl. The first-order valence-electron chi connectivity index (χ1n) is 7.64. The van der Waals surface area contributed by atoms with Crippen molar-refractivity contribution in [3.63, 3.8) is 0 Å². The normalized spacial score (nSPS) is 14.5. The molecule has 1 N–H and O–H groups in total. The van der Waals surface area contributed by atoms with Gasteiger partial charge in [0.1, 0.15) is 5.15 Å². The van der Waals surface area contributed by atoms with Crippen molar-refractivity contribution in [3.05, 3.63) is 57.3 Å². The van der Waals surface area contributed by atoms with E-state index in [0.29, 0.717) is 16.6 Å². The molecule has 0 saturated carbocycles. The molecule has 0 aliphatic carbocycles. The van der Waals surface area contributed by atoms with Crippen LogP contribution in [0, 0.1) is 0 Å². The molecule has 1 aromatic carbocycles. The molecule has 2 aromatic rings. The van der Waals surface area contributed by atoms with E-state index >= 15 is 0 Å². The Kier molecular flexibility index (Phi) is 5.71. The Balaban J connectivity index is 1.60. The molecule has 126 valence electrons. The number of morpholine rings is 1. The highest BCUT2D eigenvalue weighted by Crippen LogP contribution is 2.19. The van der Waals surface area contributed by atoms with E-state index in [9.17, 15) is 4.79 Å². The number of anilines is 1. The number of nitrogens with zero attached hydrogens (tertiary/aromatic N) is 2. The van der Waals surface area contributed by atoms with Crippen molar-refractivity contribution in [3.8, 4) is 0 Å². The Labute approximate surface area is 154 Å². The maximum Gasteiger partial charge on any atom is 0.254 e. The maximum absolute atomic E-state index is 12.2. The average molecular weight is 411 g/mol. The van der Waals surface area contributed by atoms with Gasteiger partial charge in [0.15, 0.2) is 0 Å². The molecule has 0 spiro atoms. The Morgan fingerprint density at radius 1 is 1.29 bits per heavy atom. The third-order valence-corrected chi connectivity index (χ3v) is 4.55. The van der Waals surface area contributed by atoms with E-state index in [1.165, 1.54) is 5.69 Å². The van der Waals surface area contributed by atoms with Crippen LogP contribution in [0.5, 0.6) is 0 Å². The third kappa shape index (κ3) is 4.26. The number of amides is 1. The predicted octanol–water partition coefficient (Wildman–Crippen LogP) is 3.26. The number of nitrogens with one attached hydrogen (secondary N) is 1. The summed E-state index contributed by atoms with van der Waals surface area (Å²) < 4.78 is 6.08. The zero-order valence-electron chi connectivity index (χ0n) is 13.0. The van der Waals surface area contributed by atoms with Crippen LogP contribution in [-0.4, -0.2) is 37.2 Å². The van der Waals surface area contributed by atoms with Crippen molar-refractivity contribution in [2.45, 2.75) is 6.54 Å². The molecule has 0 atom stereocenters. The van der Waals surface area contributed by atoms with Crippen LogP contribution >= 0.6 is 27.5 Å². The molecule has 5 nitrogen and oxygen atoms in total. The molecule has 0 unspecified atom stereocenters. The van der Waals surface area contributed by atoms with Gasteiger partial charge in [-0.05, 0) is 39.7 Å². The summed E-state index contributed by atoms with van der Waals surface area (Å²) in [5.74, 6) is -0.244. The summed E-state index contributed by atoms with van der Waals surface area (Å²) in [7, 11) is 0. The summed E-state index contributed by atoms with van der Waals surface area (Å²) >= 11 is 9.26. The summed E-state index contributed by atoms with van der Waals surface area (Å²) in [6, 6.07) is 9.84. The molecule has 1 saturated heterocycles. The number of pyridine rings is 1. The highest BCUT2D eigenvalue weighted by molar-refractivity contribution is 9.10. The molecule has 1 aromatic heterocycles. The van der Waals surface area contributed by atoms with E-state index in [1.54, 1.807) is 12.3 Å². The number of hydrogen-bond donors (Lipinski definition) is 1. The minimum Gasteiger partial charge on any atom is -0.378 e. The number of ether oxygens (including phenoxy) is 1. The fraction of sp³-hybridized carbons (Fsp3) is 0.294. The number of benzene rings is 1. The third-order valence-electron chi connectivity index (χ3n) is 3.82. The van der Waals surface area contributed by atoms with Crippen molar-refractivity contribution in [1.29, 1.82) is 0 Å². The molecule has 1 aliphatic heterocycles. The number of rotatable bonds is 4. The minimum atomic E-state index is -0.244. The molecule has 2 heterocycles. The van der Waals surface area contributed by atoms with Crippen molar-refractivity contribution >= 4 is 39.1 Å². The van der Waals surface area contributed by atoms with Gasteiger partial charge in [-0.3, -0.25) is 4.79 Å². The van der Waals surface area contributed by atoms with Crippen LogP contribution < -0.4 is 10.2 Å². The van der Waals surface area contributed by atoms with Gasteiger partial charge >= 0.3 is 0 Å². The first-order valence-corrected chi connectivity index (χ1v) is 8.81. The number of hydrogen-bond acceptors (Lipinski definition) is 4. The molecular formula is C17H17BrClN3O2. The molecule has 7 heteroatoms. The van der Waals surface area contributed by atoms with Gasteiger partial charge in [-0.2, -0.15) is 0 Å². The highest BCUT2D eigenvalue weighted by atomic mass is 79.9. The maximum atomic E-state index is 12.2. The fourth-order valence-electron chi connectivity index (χ4n) is 2.51. The zero-order chi connectivity index (χ0) is 16.9. The van der Waals surface area contributed by atoms with E-state index in [1.807, 2.05) is 12.1 Å². The topological polar surface area (TPSA) is 54.5 Å². The van der Waals surface area contributed by atoms with Crippen LogP contribution in [0.25, 0.3) is 0 Å². The summed E-state index contributed by atoms with van der Waals surface area (Å²) in [5, 5.41) is 3.06. The van der Waals surface area contributed by atoms with Gasteiger partial charge < -0.3 is 15.0 Å². The van der Waals surface area contributed by atoms with Crippen LogP contribution in [0.15, 0.2) is 41.0 Å². The molecule has 1 aliphatic rings. The van der Waals surface area contributed by atoms with Crippen LogP contribution in [0.1, 0.15) is 15.9 Å². The van der Waals surface area contributed by atoms with Crippen LogP contribution in [0.3, 0.4) is 0 Å². The fourth-order valence-corrected chi connectivity index (χ4v) is 3.03. The molecule has 1 amide bonds. The molecule has 0 radical (unpaired) electrons. The number of aromatic nitrogens is 1. The number of carbonyl (C=O) groups is 1. The van der Waals surface area contributed by atoms with Crippen LogP contribution in [-0.2, 0) is 11.3 Å². The lowest BCUT2D eigenvalue weighted by Gasteiger charge is -2.28. The van der Waals surface area contributed by atoms with E-state index in [4.69, 9.17) is 16.3 Å². The zero-order valence-corrected chi connectivity index (χ0v) is 15.3. The van der Waals surface area contributed by atoms with Gasteiger partial charge in [0.2, 0.25) is 0 Å². The van der Waals surface area contributed by atoms with Crippen LogP contribution in [0.4, 0.5) is 5.69 Å². The predicted molar refractivity (Wildman–Crippen MR) is 97.6 cm³/mol. The largest absolute Gasteiger partial charge is 0.378 e. The molecule has 1 fully saturated rings. The van der Waals surface area contributed by atoms with E-state index in [2.05, 4.69) is 43.3 Å². The Bertz CT molecular complexity index is 718. The van der Waals surface area contributed by atoms with Gasteiger partial charge in [0.25, 0.3) is 5.91 Å². The van der Waals surface area contributed by atoms with Gasteiger partial charge in [-0.1, -0.05) is 23.7 Å². The lowest BCUT2D eigenvalue weighted by Crippen LogP contribution is -2.36. The van der Waals surface area contributed by atoms with Crippen molar-refractivity contribution in [1.82, 2.24) is 10.3 Å². The van der Waals surface area contributed by atoms with E-state index < -0.39 is 0 Å². The van der Waals surface area contributed by atoms with Gasteiger partial charge in [0, 0.05) is 36.0 Å².